The zero-order chi connectivity index (χ0) is 25.9. The molecule has 1 N–H and O–H groups in total. The van der Waals surface area contributed by atoms with Crippen LogP contribution >= 0.6 is 0 Å². The minimum atomic E-state index is -0.760. The van der Waals surface area contributed by atoms with Crippen LogP contribution in [-0.2, 0) is 11.4 Å². The number of halogens is 1. The molecule has 4 nitrogen and oxygen atoms in total. The smallest absolute Gasteiger partial charge is 0.303 e. The van der Waals surface area contributed by atoms with E-state index in [1.807, 2.05) is 36.4 Å². The van der Waals surface area contributed by atoms with Gasteiger partial charge >= 0.3 is 5.97 Å². The van der Waals surface area contributed by atoms with Gasteiger partial charge in [0.25, 0.3) is 0 Å². The summed E-state index contributed by atoms with van der Waals surface area (Å²) in [4.78, 5) is 11.4. The van der Waals surface area contributed by atoms with E-state index in [1.54, 1.807) is 19.2 Å². The van der Waals surface area contributed by atoms with Gasteiger partial charge in [0.05, 0.1) is 13.5 Å². The Bertz CT molecular complexity index is 1270. The van der Waals surface area contributed by atoms with Crippen LogP contribution in [0.15, 0.2) is 60.7 Å². The molecule has 0 radical (unpaired) electrons. The lowest BCUT2D eigenvalue weighted by molar-refractivity contribution is -0.137. The van der Waals surface area contributed by atoms with Crippen molar-refractivity contribution in [3.05, 3.63) is 83.2 Å². The predicted octanol–water partition coefficient (Wildman–Crippen LogP) is 7.95. The van der Waals surface area contributed by atoms with Crippen LogP contribution in [0.5, 0.6) is 11.5 Å². The Hall–Kier alpha value is -3.34. The van der Waals surface area contributed by atoms with E-state index in [9.17, 15) is 14.3 Å². The van der Waals surface area contributed by atoms with Crippen LogP contribution in [0.3, 0.4) is 0 Å². The number of carboxylic acids is 1. The van der Waals surface area contributed by atoms with Gasteiger partial charge in [-0.1, -0.05) is 50.1 Å². The molecule has 0 unspecified atom stereocenters. The van der Waals surface area contributed by atoms with Gasteiger partial charge in [0, 0.05) is 5.56 Å². The second kappa shape index (κ2) is 11.0. The summed E-state index contributed by atoms with van der Waals surface area (Å²) in [5, 5.41) is 9.37. The number of methoxy groups -OCH3 is 1. The molecule has 2 fully saturated rings. The first-order valence-electron chi connectivity index (χ1n) is 13.3. The molecule has 0 bridgehead atoms. The van der Waals surface area contributed by atoms with E-state index in [0.717, 1.165) is 41.7 Å². The average molecular weight is 503 g/mol. The number of carbonyl (C=O) groups is 1. The number of benzene rings is 3. The Kier molecular flexibility index (Phi) is 7.50. The molecule has 194 valence electrons. The molecular weight excluding hydrogens is 467 g/mol. The van der Waals surface area contributed by atoms with E-state index < -0.39 is 5.97 Å². The van der Waals surface area contributed by atoms with Crippen molar-refractivity contribution in [2.75, 3.05) is 7.11 Å². The molecule has 37 heavy (non-hydrogen) atoms. The van der Waals surface area contributed by atoms with Crippen molar-refractivity contribution in [1.82, 2.24) is 0 Å². The summed E-state index contributed by atoms with van der Waals surface area (Å²) in [5.41, 5.74) is 4.73. The SMILES string of the molecule is COc1ccc(F)c(-c2ccc(COc3cccc([C@H](CC(=O)O)C4CC4)c3)cc2[C@@H]2CCC[C@@H]2C)c1. The molecule has 0 amide bonds. The van der Waals surface area contributed by atoms with Crippen molar-refractivity contribution in [3.63, 3.8) is 0 Å². The monoisotopic (exact) mass is 502 g/mol. The van der Waals surface area contributed by atoms with Crippen molar-refractivity contribution in [3.8, 4) is 22.6 Å². The van der Waals surface area contributed by atoms with Gasteiger partial charge in [-0.2, -0.15) is 0 Å². The number of aliphatic carboxylic acids is 1. The molecular formula is C32H35FO4. The van der Waals surface area contributed by atoms with Gasteiger partial charge in [-0.25, -0.2) is 4.39 Å². The second-order valence-corrected chi connectivity index (χ2v) is 10.7. The number of hydrogen-bond donors (Lipinski definition) is 1. The maximum Gasteiger partial charge on any atom is 0.303 e. The summed E-state index contributed by atoms with van der Waals surface area (Å²) in [6.45, 7) is 2.68. The topological polar surface area (TPSA) is 55.8 Å². The van der Waals surface area contributed by atoms with E-state index in [0.29, 0.717) is 35.7 Å². The largest absolute Gasteiger partial charge is 0.497 e. The summed E-state index contributed by atoms with van der Waals surface area (Å²) >= 11 is 0. The predicted molar refractivity (Wildman–Crippen MR) is 143 cm³/mol. The fourth-order valence-corrected chi connectivity index (χ4v) is 5.94. The van der Waals surface area contributed by atoms with Crippen LogP contribution < -0.4 is 9.47 Å². The molecule has 3 atom stereocenters. The van der Waals surface area contributed by atoms with Gasteiger partial charge in [0.1, 0.15) is 23.9 Å². The molecule has 3 aromatic rings. The highest BCUT2D eigenvalue weighted by atomic mass is 19.1. The molecule has 0 saturated heterocycles. The van der Waals surface area contributed by atoms with Crippen molar-refractivity contribution in [2.45, 2.75) is 63.9 Å². The van der Waals surface area contributed by atoms with Crippen molar-refractivity contribution in [1.29, 1.82) is 0 Å². The third-order valence-corrected chi connectivity index (χ3v) is 8.12. The first-order valence-corrected chi connectivity index (χ1v) is 13.3. The Morgan fingerprint density at radius 2 is 1.84 bits per heavy atom. The molecule has 0 aliphatic heterocycles. The van der Waals surface area contributed by atoms with Crippen molar-refractivity contribution >= 4 is 5.97 Å². The molecule has 0 spiro atoms. The molecule has 5 heteroatoms. The molecule has 5 rings (SSSR count). The van der Waals surface area contributed by atoms with E-state index >= 15 is 0 Å². The maximum absolute atomic E-state index is 15.0. The number of carboxylic acid groups (broad SMARTS) is 1. The van der Waals surface area contributed by atoms with Crippen LogP contribution in [0, 0.1) is 17.7 Å². The second-order valence-electron chi connectivity index (χ2n) is 10.7. The highest BCUT2D eigenvalue weighted by molar-refractivity contribution is 5.71. The fraction of sp³-hybridized carbons (Fsp3) is 0.406. The third kappa shape index (κ3) is 5.82. The Morgan fingerprint density at radius 1 is 1.00 bits per heavy atom. The summed E-state index contributed by atoms with van der Waals surface area (Å²) in [7, 11) is 1.60. The Balaban J connectivity index is 1.41. The van der Waals surface area contributed by atoms with Gasteiger partial charge in [0.2, 0.25) is 0 Å². The van der Waals surface area contributed by atoms with Crippen LogP contribution in [0.25, 0.3) is 11.1 Å². The Labute approximate surface area is 218 Å². The lowest BCUT2D eigenvalue weighted by Gasteiger charge is -2.22. The highest BCUT2D eigenvalue weighted by Crippen LogP contribution is 2.46. The van der Waals surface area contributed by atoms with Gasteiger partial charge in [-0.3, -0.25) is 4.79 Å². The lowest BCUT2D eigenvalue weighted by Crippen LogP contribution is -2.09. The first kappa shape index (κ1) is 25.3. The number of ether oxygens (including phenoxy) is 2. The van der Waals surface area contributed by atoms with E-state index in [-0.39, 0.29) is 18.2 Å². The normalized spacial score (nSPS) is 20.0. The molecule has 0 heterocycles. The quantitative estimate of drug-likeness (QED) is 0.306. The van der Waals surface area contributed by atoms with Gasteiger partial charge < -0.3 is 14.6 Å². The summed E-state index contributed by atoms with van der Waals surface area (Å²) in [5.74, 6) is 1.77. The Morgan fingerprint density at radius 3 is 2.54 bits per heavy atom. The maximum atomic E-state index is 15.0. The van der Waals surface area contributed by atoms with Crippen LogP contribution in [0.1, 0.15) is 74.0 Å². The third-order valence-electron chi connectivity index (χ3n) is 8.12. The summed E-state index contributed by atoms with van der Waals surface area (Å²) < 4.78 is 26.5. The zero-order valence-electron chi connectivity index (χ0n) is 21.6. The highest BCUT2D eigenvalue weighted by Gasteiger charge is 2.34. The van der Waals surface area contributed by atoms with Gasteiger partial charge in [-0.15, -0.1) is 0 Å². The summed E-state index contributed by atoms with van der Waals surface area (Å²) in [6, 6.07) is 19.0. The minimum Gasteiger partial charge on any atom is -0.497 e. The molecule has 2 saturated carbocycles. The fourth-order valence-electron chi connectivity index (χ4n) is 5.94. The molecule has 3 aromatic carbocycles. The van der Waals surface area contributed by atoms with Crippen LogP contribution in [0.2, 0.25) is 0 Å². The first-order chi connectivity index (χ1) is 17.9. The van der Waals surface area contributed by atoms with Crippen molar-refractivity contribution in [2.24, 2.45) is 11.8 Å². The molecule has 0 aromatic heterocycles. The average Bonchev–Trinajstić information content (AvgIpc) is 3.66. The van der Waals surface area contributed by atoms with Crippen LogP contribution in [0.4, 0.5) is 4.39 Å². The van der Waals surface area contributed by atoms with Crippen molar-refractivity contribution < 1.29 is 23.8 Å². The molecule has 2 aliphatic rings. The van der Waals surface area contributed by atoms with Gasteiger partial charge in [0.15, 0.2) is 0 Å². The number of hydrogen-bond acceptors (Lipinski definition) is 3. The minimum absolute atomic E-state index is 0.0357. The lowest BCUT2D eigenvalue weighted by atomic mass is 9.84. The number of rotatable bonds is 10. The standard InChI is InChI=1S/C32H35FO4/c1-20-5-3-8-26(20)29-15-21(9-13-27(29)30-17-24(36-2)12-14-31(30)33)19-37-25-7-4-6-23(16-25)28(18-32(34)35)22-10-11-22/h4,6-7,9,12-17,20,22,26,28H,3,5,8,10-11,18-19H2,1-2H3,(H,34,35)/t20-,26+,28+/m0/s1. The zero-order valence-corrected chi connectivity index (χ0v) is 21.6. The van der Waals surface area contributed by atoms with E-state index in [1.165, 1.54) is 24.5 Å². The van der Waals surface area contributed by atoms with Crippen LogP contribution in [-0.4, -0.2) is 18.2 Å². The summed E-state index contributed by atoms with van der Waals surface area (Å²) in [6.07, 6.45) is 5.78. The van der Waals surface area contributed by atoms with Gasteiger partial charge in [-0.05, 0) is 95.5 Å². The van der Waals surface area contributed by atoms with E-state index in [2.05, 4.69) is 13.0 Å². The van der Waals surface area contributed by atoms with E-state index in [4.69, 9.17) is 9.47 Å². The molecule has 2 aliphatic carbocycles.